The van der Waals surface area contributed by atoms with E-state index < -0.39 is 0 Å². The van der Waals surface area contributed by atoms with Crippen molar-refractivity contribution in [3.63, 3.8) is 0 Å². The van der Waals surface area contributed by atoms with Crippen molar-refractivity contribution >= 4 is 23.0 Å². The van der Waals surface area contributed by atoms with Gasteiger partial charge in [0.15, 0.2) is 0 Å². The van der Waals surface area contributed by atoms with Crippen LogP contribution in [0.5, 0.6) is 0 Å². The number of carbonyl (C=O) groups excluding carboxylic acids is 1. The van der Waals surface area contributed by atoms with E-state index >= 15 is 0 Å². The highest BCUT2D eigenvalue weighted by Crippen LogP contribution is 2.29. The van der Waals surface area contributed by atoms with E-state index in [1.807, 2.05) is 48.5 Å². The standard InChI is InChI=1S/C17H14N2O/c1-12-10-17(19-16-9-5-2-6-13(12)16)14-7-3-4-8-15(14)18-11-20/h2-11H,1H3,(H,18,20). The topological polar surface area (TPSA) is 42.0 Å². The van der Waals surface area contributed by atoms with Crippen LogP contribution < -0.4 is 5.32 Å². The summed E-state index contributed by atoms with van der Waals surface area (Å²) in [6, 6.07) is 17.8. The molecule has 1 aromatic heterocycles. The lowest BCUT2D eigenvalue weighted by atomic mass is 10.0. The Labute approximate surface area is 117 Å². The first kappa shape index (κ1) is 12.4. The van der Waals surface area contributed by atoms with Crippen LogP contribution in [0.3, 0.4) is 0 Å². The molecule has 3 aromatic rings. The van der Waals surface area contributed by atoms with Crippen LogP contribution in [-0.2, 0) is 4.79 Å². The second kappa shape index (κ2) is 5.13. The summed E-state index contributed by atoms with van der Waals surface area (Å²) in [5.74, 6) is 0. The molecule has 2 aromatic carbocycles. The number of amides is 1. The summed E-state index contributed by atoms with van der Waals surface area (Å²) in [7, 11) is 0. The van der Waals surface area contributed by atoms with Crippen molar-refractivity contribution in [3.05, 3.63) is 60.2 Å². The number of benzene rings is 2. The highest BCUT2D eigenvalue weighted by Gasteiger charge is 2.08. The molecule has 1 heterocycles. The molecule has 3 nitrogen and oxygen atoms in total. The maximum Gasteiger partial charge on any atom is 0.211 e. The van der Waals surface area contributed by atoms with Gasteiger partial charge in [0.2, 0.25) is 6.41 Å². The third kappa shape index (κ3) is 2.14. The van der Waals surface area contributed by atoms with Crippen LogP contribution in [0.15, 0.2) is 54.6 Å². The van der Waals surface area contributed by atoms with Crippen LogP contribution in [-0.4, -0.2) is 11.4 Å². The Kier molecular flexibility index (Phi) is 3.17. The van der Waals surface area contributed by atoms with E-state index in [0.717, 1.165) is 27.8 Å². The van der Waals surface area contributed by atoms with Crippen molar-refractivity contribution < 1.29 is 4.79 Å². The smallest absolute Gasteiger partial charge is 0.211 e. The molecule has 0 radical (unpaired) electrons. The second-order valence-corrected chi connectivity index (χ2v) is 4.65. The van der Waals surface area contributed by atoms with E-state index in [-0.39, 0.29) is 0 Å². The van der Waals surface area contributed by atoms with Crippen LogP contribution in [0, 0.1) is 6.92 Å². The molecule has 3 rings (SSSR count). The van der Waals surface area contributed by atoms with E-state index in [1.165, 1.54) is 5.56 Å². The maximum atomic E-state index is 10.7. The number of fused-ring (bicyclic) bond motifs is 1. The van der Waals surface area contributed by atoms with Gasteiger partial charge >= 0.3 is 0 Å². The van der Waals surface area contributed by atoms with Gasteiger partial charge in [0, 0.05) is 16.6 Å². The Morgan fingerprint density at radius 2 is 1.80 bits per heavy atom. The summed E-state index contributed by atoms with van der Waals surface area (Å²) in [5, 5.41) is 3.87. The SMILES string of the molecule is Cc1cc(-c2ccccc2NC=O)nc2ccccc12. The largest absolute Gasteiger partial charge is 0.328 e. The van der Waals surface area contributed by atoms with Crippen LogP contribution in [0.2, 0.25) is 0 Å². The predicted molar refractivity (Wildman–Crippen MR) is 81.6 cm³/mol. The lowest BCUT2D eigenvalue weighted by Gasteiger charge is -2.10. The number of rotatable bonds is 3. The molecule has 0 saturated carbocycles. The van der Waals surface area contributed by atoms with Crippen molar-refractivity contribution in [3.8, 4) is 11.3 Å². The van der Waals surface area contributed by atoms with Gasteiger partial charge in [0.05, 0.1) is 11.2 Å². The average Bonchev–Trinajstić information content (AvgIpc) is 2.48. The lowest BCUT2D eigenvalue weighted by molar-refractivity contribution is -0.105. The van der Waals surface area contributed by atoms with E-state index in [1.54, 1.807) is 0 Å². The number of nitrogens with one attached hydrogen (secondary N) is 1. The fourth-order valence-corrected chi connectivity index (χ4v) is 2.38. The highest BCUT2D eigenvalue weighted by molar-refractivity contribution is 5.89. The first-order chi connectivity index (χ1) is 9.79. The molecule has 0 aliphatic carbocycles. The molecule has 0 atom stereocenters. The summed E-state index contributed by atoms with van der Waals surface area (Å²) in [5.41, 5.74) is 4.69. The number of carbonyl (C=O) groups is 1. The van der Waals surface area contributed by atoms with E-state index in [2.05, 4.69) is 18.3 Å². The van der Waals surface area contributed by atoms with E-state index in [4.69, 9.17) is 4.98 Å². The summed E-state index contributed by atoms with van der Waals surface area (Å²) in [6.07, 6.45) is 0.687. The van der Waals surface area contributed by atoms with Crippen LogP contribution in [0.1, 0.15) is 5.56 Å². The Balaban J connectivity index is 2.22. The van der Waals surface area contributed by atoms with Gasteiger partial charge in [-0.1, -0.05) is 36.4 Å². The van der Waals surface area contributed by atoms with Gasteiger partial charge in [0.25, 0.3) is 0 Å². The van der Waals surface area contributed by atoms with E-state index in [0.29, 0.717) is 6.41 Å². The maximum absolute atomic E-state index is 10.7. The first-order valence-electron chi connectivity index (χ1n) is 6.45. The Morgan fingerprint density at radius 1 is 1.05 bits per heavy atom. The minimum absolute atomic E-state index is 0.687. The summed E-state index contributed by atoms with van der Waals surface area (Å²) < 4.78 is 0. The molecule has 0 aliphatic heterocycles. The number of nitrogens with zero attached hydrogens (tertiary/aromatic N) is 1. The number of para-hydroxylation sites is 2. The number of aromatic nitrogens is 1. The third-order valence-corrected chi connectivity index (χ3v) is 3.34. The van der Waals surface area contributed by atoms with Crippen LogP contribution >= 0.6 is 0 Å². The summed E-state index contributed by atoms with van der Waals surface area (Å²) in [6.45, 7) is 2.07. The van der Waals surface area contributed by atoms with Gasteiger partial charge in [-0.2, -0.15) is 0 Å². The molecule has 0 saturated heterocycles. The van der Waals surface area contributed by atoms with E-state index in [9.17, 15) is 4.79 Å². The molecule has 0 bridgehead atoms. The number of hydrogen-bond acceptors (Lipinski definition) is 2. The lowest BCUT2D eigenvalue weighted by Crippen LogP contribution is -1.97. The Morgan fingerprint density at radius 3 is 2.65 bits per heavy atom. The fraction of sp³-hybridized carbons (Fsp3) is 0.0588. The monoisotopic (exact) mass is 262 g/mol. The van der Waals surface area contributed by atoms with Crippen molar-refractivity contribution in [1.82, 2.24) is 4.98 Å². The van der Waals surface area contributed by atoms with Crippen LogP contribution in [0.4, 0.5) is 5.69 Å². The predicted octanol–water partition coefficient (Wildman–Crippen LogP) is 3.78. The minimum atomic E-state index is 0.687. The molecular weight excluding hydrogens is 248 g/mol. The first-order valence-corrected chi connectivity index (χ1v) is 6.45. The number of pyridine rings is 1. The van der Waals surface area contributed by atoms with Crippen molar-refractivity contribution in [2.45, 2.75) is 6.92 Å². The molecule has 20 heavy (non-hydrogen) atoms. The zero-order chi connectivity index (χ0) is 13.9. The minimum Gasteiger partial charge on any atom is -0.328 e. The molecule has 0 fully saturated rings. The Hall–Kier alpha value is -2.68. The second-order valence-electron chi connectivity index (χ2n) is 4.65. The van der Waals surface area contributed by atoms with Crippen molar-refractivity contribution in [2.24, 2.45) is 0 Å². The molecule has 1 N–H and O–H groups in total. The molecule has 3 heteroatoms. The zero-order valence-electron chi connectivity index (χ0n) is 11.1. The molecule has 0 unspecified atom stereocenters. The Bertz CT molecular complexity index is 781. The van der Waals surface area contributed by atoms with Crippen molar-refractivity contribution in [1.29, 1.82) is 0 Å². The molecule has 0 spiro atoms. The molecule has 1 amide bonds. The van der Waals surface area contributed by atoms with Crippen molar-refractivity contribution in [2.75, 3.05) is 5.32 Å². The summed E-state index contributed by atoms with van der Waals surface area (Å²) >= 11 is 0. The van der Waals surface area contributed by atoms with Gasteiger partial charge in [-0.15, -0.1) is 0 Å². The average molecular weight is 262 g/mol. The molecule has 0 aliphatic rings. The van der Waals surface area contributed by atoms with Crippen LogP contribution in [0.25, 0.3) is 22.2 Å². The van der Waals surface area contributed by atoms with Gasteiger partial charge in [-0.25, -0.2) is 4.98 Å². The van der Waals surface area contributed by atoms with Gasteiger partial charge in [-0.05, 0) is 30.7 Å². The number of anilines is 1. The van der Waals surface area contributed by atoms with Gasteiger partial charge < -0.3 is 5.32 Å². The zero-order valence-corrected chi connectivity index (χ0v) is 11.1. The molecular formula is C17H14N2O. The summed E-state index contributed by atoms with van der Waals surface area (Å²) in [4.78, 5) is 15.4. The number of hydrogen-bond donors (Lipinski definition) is 1. The molecule has 98 valence electrons. The van der Waals surface area contributed by atoms with Gasteiger partial charge in [0.1, 0.15) is 0 Å². The number of aryl methyl sites for hydroxylation is 1. The highest BCUT2D eigenvalue weighted by atomic mass is 16.1. The normalized spacial score (nSPS) is 10.4. The van der Waals surface area contributed by atoms with Gasteiger partial charge in [-0.3, -0.25) is 4.79 Å². The third-order valence-electron chi connectivity index (χ3n) is 3.34. The quantitative estimate of drug-likeness (QED) is 0.730. The fourth-order valence-electron chi connectivity index (χ4n) is 2.38.